The third-order valence-electron chi connectivity index (χ3n) is 9.75. The molecule has 10 heteroatoms. The Morgan fingerprint density at radius 1 is 1.09 bits per heavy atom. The number of unbranched alkanes of at least 4 members (excludes halogenated alkanes) is 3. The van der Waals surface area contributed by atoms with Crippen LogP contribution in [0.4, 0.5) is 9.39 Å². The van der Waals surface area contributed by atoms with Crippen molar-refractivity contribution in [1.29, 1.82) is 5.41 Å². The number of rotatable bonds is 20. The number of amidine groups is 1. The molecular formula is C45H54ClFN6OS. The molecule has 0 fully saturated rings. The SMILES string of the molecule is C=Cc1ccc(F)c(CCCCCn2cc(C#Cc3sc(N(C(=C)C)C(C)=N)c(C(=C)c4ccc(Cl)cc4)c3C)cn2)c1CN(C)C(C=O)CCCCNC. The van der Waals surface area contributed by atoms with Gasteiger partial charge in [0, 0.05) is 35.6 Å². The number of aromatic nitrogens is 2. The van der Waals surface area contributed by atoms with Crippen molar-refractivity contribution in [3.8, 4) is 11.8 Å². The van der Waals surface area contributed by atoms with Gasteiger partial charge in [-0.15, -0.1) is 11.3 Å². The summed E-state index contributed by atoms with van der Waals surface area (Å²) in [6, 6.07) is 10.7. The van der Waals surface area contributed by atoms with Crippen molar-refractivity contribution in [3.63, 3.8) is 0 Å². The number of nitrogens with one attached hydrogen (secondary N) is 2. The smallest absolute Gasteiger partial charge is 0.137 e. The maximum absolute atomic E-state index is 15.3. The highest BCUT2D eigenvalue weighted by Gasteiger charge is 2.24. The first-order valence-electron chi connectivity index (χ1n) is 18.8. The van der Waals surface area contributed by atoms with Gasteiger partial charge in [-0.3, -0.25) is 19.9 Å². The minimum atomic E-state index is -0.220. The van der Waals surface area contributed by atoms with E-state index in [2.05, 4.69) is 42.0 Å². The van der Waals surface area contributed by atoms with E-state index >= 15 is 4.39 Å². The Bertz CT molecular complexity index is 2040. The lowest BCUT2D eigenvalue weighted by atomic mass is 9.95. The molecule has 1 atom stereocenters. The molecule has 0 spiro atoms. The number of likely N-dealkylation sites (N-methyl/N-ethyl adjacent to an activating group) is 1. The molecule has 2 aromatic carbocycles. The lowest BCUT2D eigenvalue weighted by molar-refractivity contribution is -0.112. The maximum atomic E-state index is 15.3. The Balaban J connectivity index is 1.42. The lowest BCUT2D eigenvalue weighted by Gasteiger charge is -2.26. The summed E-state index contributed by atoms with van der Waals surface area (Å²) >= 11 is 7.68. The van der Waals surface area contributed by atoms with Gasteiger partial charge in [0.15, 0.2) is 0 Å². The van der Waals surface area contributed by atoms with Gasteiger partial charge in [-0.1, -0.05) is 80.3 Å². The van der Waals surface area contributed by atoms with E-state index in [4.69, 9.17) is 17.0 Å². The van der Waals surface area contributed by atoms with E-state index < -0.39 is 0 Å². The Morgan fingerprint density at radius 3 is 2.49 bits per heavy atom. The van der Waals surface area contributed by atoms with Crippen molar-refractivity contribution >= 4 is 51.7 Å². The van der Waals surface area contributed by atoms with E-state index in [0.717, 1.165) is 112 Å². The van der Waals surface area contributed by atoms with Gasteiger partial charge in [0.1, 0.15) is 22.9 Å². The number of benzene rings is 2. The molecule has 0 radical (unpaired) electrons. The maximum Gasteiger partial charge on any atom is 0.137 e. The average molecular weight is 781 g/mol. The molecule has 0 bridgehead atoms. The Kier molecular flexibility index (Phi) is 16.4. The summed E-state index contributed by atoms with van der Waals surface area (Å²) < 4.78 is 17.2. The molecule has 2 heterocycles. The second-order valence-electron chi connectivity index (χ2n) is 13.9. The van der Waals surface area contributed by atoms with Gasteiger partial charge in [-0.25, -0.2) is 4.39 Å². The monoisotopic (exact) mass is 780 g/mol. The third kappa shape index (κ3) is 11.5. The molecule has 0 aliphatic heterocycles. The molecule has 290 valence electrons. The number of carbonyl (C=O) groups excluding carboxylic acids is 1. The van der Waals surface area contributed by atoms with Crippen LogP contribution in [-0.4, -0.2) is 53.5 Å². The minimum absolute atomic E-state index is 0.212. The summed E-state index contributed by atoms with van der Waals surface area (Å²) in [6.07, 6.45) is 12.5. The Labute approximate surface area is 336 Å². The fraction of sp³-hybridized carbons (Fsp3) is 0.356. The van der Waals surface area contributed by atoms with Crippen LogP contribution in [-0.2, 0) is 24.3 Å². The number of thiophene rings is 1. The largest absolute Gasteiger partial charge is 0.320 e. The van der Waals surface area contributed by atoms with E-state index in [9.17, 15) is 4.79 Å². The number of carbonyl (C=O) groups is 1. The number of aryl methyl sites for hydroxylation is 1. The number of anilines is 1. The van der Waals surface area contributed by atoms with Crippen LogP contribution in [0.2, 0.25) is 5.02 Å². The van der Waals surface area contributed by atoms with E-state index in [0.29, 0.717) is 29.4 Å². The second kappa shape index (κ2) is 20.9. The molecular weight excluding hydrogens is 727 g/mol. The van der Waals surface area contributed by atoms with Crippen LogP contribution in [0.25, 0.3) is 11.6 Å². The Hall–Kier alpha value is -4.59. The number of hydrogen-bond donors (Lipinski definition) is 2. The summed E-state index contributed by atoms with van der Waals surface area (Å²) in [4.78, 5) is 16.7. The highest BCUT2D eigenvalue weighted by Crippen LogP contribution is 2.43. The van der Waals surface area contributed by atoms with Gasteiger partial charge in [-0.05, 0) is 125 Å². The zero-order chi connectivity index (χ0) is 40.1. The first-order valence-corrected chi connectivity index (χ1v) is 20.0. The molecule has 7 nitrogen and oxygen atoms in total. The number of hydrogen-bond acceptors (Lipinski definition) is 6. The summed E-state index contributed by atoms with van der Waals surface area (Å²) in [5.74, 6) is 6.80. The molecule has 2 N–H and O–H groups in total. The van der Waals surface area contributed by atoms with Crippen molar-refractivity contribution in [2.75, 3.05) is 25.5 Å². The number of aldehydes is 1. The zero-order valence-electron chi connectivity index (χ0n) is 32.9. The van der Waals surface area contributed by atoms with Crippen molar-refractivity contribution in [3.05, 3.63) is 129 Å². The second-order valence-corrected chi connectivity index (χ2v) is 15.4. The molecule has 0 amide bonds. The fourth-order valence-electron chi connectivity index (χ4n) is 6.71. The van der Waals surface area contributed by atoms with Crippen molar-refractivity contribution in [2.45, 2.75) is 84.8 Å². The molecule has 0 aliphatic carbocycles. The summed E-state index contributed by atoms with van der Waals surface area (Å²) in [7, 11) is 3.87. The number of halogens is 2. The molecule has 0 aliphatic rings. The van der Waals surface area contributed by atoms with Crippen molar-refractivity contribution in [2.24, 2.45) is 0 Å². The van der Waals surface area contributed by atoms with Crippen LogP contribution >= 0.6 is 22.9 Å². The highest BCUT2D eigenvalue weighted by molar-refractivity contribution is 7.17. The van der Waals surface area contributed by atoms with E-state index in [1.807, 2.05) is 72.9 Å². The predicted octanol–water partition coefficient (Wildman–Crippen LogP) is 10.3. The van der Waals surface area contributed by atoms with Crippen LogP contribution in [0.1, 0.15) is 96.2 Å². The summed E-state index contributed by atoms with van der Waals surface area (Å²) in [6.45, 7) is 20.3. The fourth-order valence-corrected chi connectivity index (χ4v) is 8.15. The van der Waals surface area contributed by atoms with E-state index in [1.165, 1.54) is 17.4 Å². The van der Waals surface area contributed by atoms with Gasteiger partial charge in [0.25, 0.3) is 0 Å². The predicted molar refractivity (Wildman–Crippen MR) is 231 cm³/mol. The van der Waals surface area contributed by atoms with Gasteiger partial charge in [-0.2, -0.15) is 5.10 Å². The van der Waals surface area contributed by atoms with E-state index in [1.54, 1.807) is 25.3 Å². The van der Waals surface area contributed by atoms with Crippen LogP contribution in [0.15, 0.2) is 74.2 Å². The molecule has 0 saturated carbocycles. The standard InChI is InChI=1S/C45H54ClFN6OS/c1-9-36-20-23-42(47)40(41(36)29-51(8)39(30-54)15-12-13-25-49-7)16-11-10-14-26-52-28-35(27-50-52)17-24-43-33(5)44(32(4)37-18-21-38(46)22-19-37)45(55-43)53(31(2)3)34(6)48/h9,18-23,27-28,30,39,48-49H,1-2,4,10-16,25-26,29H2,3,5-8H3. The topological polar surface area (TPSA) is 77.2 Å². The van der Waals surface area contributed by atoms with Crippen LogP contribution < -0.4 is 10.2 Å². The van der Waals surface area contributed by atoms with E-state index in [-0.39, 0.29) is 11.9 Å². The van der Waals surface area contributed by atoms with Gasteiger partial charge >= 0.3 is 0 Å². The number of allylic oxidation sites excluding steroid dienone is 1. The lowest BCUT2D eigenvalue weighted by Crippen LogP contribution is -2.33. The summed E-state index contributed by atoms with van der Waals surface area (Å²) in [5, 5.41) is 17.7. The molecule has 2 aromatic heterocycles. The summed E-state index contributed by atoms with van der Waals surface area (Å²) in [5.41, 5.74) is 7.74. The first kappa shape index (κ1) is 43.1. The van der Waals surface area contributed by atoms with Crippen LogP contribution in [0.3, 0.4) is 0 Å². The average Bonchev–Trinajstić information content (AvgIpc) is 3.74. The normalized spacial score (nSPS) is 11.6. The van der Waals surface area contributed by atoms with Crippen molar-refractivity contribution < 1.29 is 9.18 Å². The zero-order valence-corrected chi connectivity index (χ0v) is 34.5. The number of nitrogens with zero attached hydrogens (tertiary/aromatic N) is 4. The van der Waals surface area contributed by atoms with Crippen molar-refractivity contribution in [1.82, 2.24) is 20.0 Å². The van der Waals surface area contributed by atoms with Crippen LogP contribution in [0, 0.1) is 30.0 Å². The van der Waals surface area contributed by atoms with Crippen LogP contribution in [0.5, 0.6) is 0 Å². The first-order chi connectivity index (χ1) is 26.4. The van der Waals surface area contributed by atoms with Gasteiger partial charge in [0.2, 0.25) is 0 Å². The van der Waals surface area contributed by atoms with Gasteiger partial charge < -0.3 is 10.1 Å². The minimum Gasteiger partial charge on any atom is -0.320 e. The molecule has 4 aromatic rings. The molecule has 55 heavy (non-hydrogen) atoms. The third-order valence-corrected chi connectivity index (χ3v) is 11.2. The molecule has 4 rings (SSSR count). The Morgan fingerprint density at radius 2 is 1.84 bits per heavy atom. The van der Waals surface area contributed by atoms with Gasteiger partial charge in [0.05, 0.1) is 22.7 Å². The highest BCUT2D eigenvalue weighted by atomic mass is 35.5. The molecule has 0 saturated heterocycles. The molecule has 1 unspecified atom stereocenters. The quantitative estimate of drug-likeness (QED) is 0.0307.